The van der Waals surface area contributed by atoms with Crippen LogP contribution in [0.3, 0.4) is 0 Å². The maximum atomic E-state index is 5.72. The molecule has 0 aromatic carbocycles. The van der Waals surface area contributed by atoms with E-state index in [0.29, 0.717) is 11.3 Å². The second-order valence-corrected chi connectivity index (χ2v) is 8.01. The van der Waals surface area contributed by atoms with Crippen molar-refractivity contribution in [3.63, 3.8) is 0 Å². The Kier molecular flexibility index (Phi) is 12.8. The fraction of sp³-hybridized carbons (Fsp3) is 0.810. The molecular formula is C21H40N2OS. The van der Waals surface area contributed by atoms with E-state index in [0.717, 1.165) is 37.6 Å². The first-order valence-electron chi connectivity index (χ1n) is 10.3. The van der Waals surface area contributed by atoms with Crippen LogP contribution in [0.2, 0.25) is 0 Å². The molecule has 4 heteroatoms. The van der Waals surface area contributed by atoms with Gasteiger partial charge in [-0.1, -0.05) is 45.6 Å². The highest BCUT2D eigenvalue weighted by Crippen LogP contribution is 2.23. The van der Waals surface area contributed by atoms with Crippen LogP contribution in [0.4, 0.5) is 0 Å². The first-order chi connectivity index (χ1) is 12.1. The van der Waals surface area contributed by atoms with Gasteiger partial charge in [-0.25, -0.2) is 0 Å². The molecule has 1 fully saturated rings. The first kappa shape index (κ1) is 22.3. The van der Waals surface area contributed by atoms with Crippen LogP contribution in [0.15, 0.2) is 24.7 Å². The molecule has 0 unspecified atom stereocenters. The van der Waals surface area contributed by atoms with Gasteiger partial charge < -0.3 is 15.4 Å². The summed E-state index contributed by atoms with van der Waals surface area (Å²) in [4.78, 5) is 0. The van der Waals surface area contributed by atoms with E-state index in [4.69, 9.17) is 4.74 Å². The van der Waals surface area contributed by atoms with Crippen LogP contribution in [0.25, 0.3) is 0 Å². The molecule has 0 spiro atoms. The van der Waals surface area contributed by atoms with Crippen molar-refractivity contribution >= 4 is 12.6 Å². The molecule has 0 aliphatic heterocycles. The Morgan fingerprint density at radius 2 is 1.56 bits per heavy atom. The summed E-state index contributed by atoms with van der Waals surface area (Å²) in [6, 6.07) is 0.528. The SMILES string of the molecule is C=C(CC)NCCCCCCCCCOC(=C)NC1CCC(S)CC1. The molecule has 0 radical (unpaired) electrons. The van der Waals surface area contributed by atoms with Gasteiger partial charge in [-0.2, -0.15) is 12.6 Å². The predicted molar refractivity (Wildman–Crippen MR) is 113 cm³/mol. The lowest BCUT2D eigenvalue weighted by atomic mass is 9.95. The van der Waals surface area contributed by atoms with Gasteiger partial charge in [-0.3, -0.25) is 0 Å². The monoisotopic (exact) mass is 368 g/mol. The number of hydrogen-bond donors (Lipinski definition) is 3. The third kappa shape index (κ3) is 12.3. The zero-order valence-corrected chi connectivity index (χ0v) is 17.2. The van der Waals surface area contributed by atoms with E-state index in [1.165, 1.54) is 64.2 Å². The normalized spacial score (nSPS) is 20.1. The van der Waals surface area contributed by atoms with Gasteiger partial charge in [-0.05, 0) is 51.5 Å². The average molecular weight is 369 g/mol. The van der Waals surface area contributed by atoms with Gasteiger partial charge in [-0.15, -0.1) is 0 Å². The number of allylic oxidation sites excluding steroid dienone is 1. The Labute approximate surface area is 161 Å². The highest BCUT2D eigenvalue weighted by atomic mass is 32.1. The van der Waals surface area contributed by atoms with Crippen LogP contribution in [0.1, 0.15) is 84.0 Å². The van der Waals surface area contributed by atoms with Gasteiger partial charge in [0.15, 0.2) is 5.88 Å². The van der Waals surface area contributed by atoms with Gasteiger partial charge in [0.05, 0.1) is 6.61 Å². The molecule has 146 valence electrons. The largest absolute Gasteiger partial charge is 0.480 e. The van der Waals surface area contributed by atoms with Crippen LogP contribution >= 0.6 is 12.6 Å². The van der Waals surface area contributed by atoms with Crippen LogP contribution in [0.5, 0.6) is 0 Å². The molecule has 0 atom stereocenters. The van der Waals surface area contributed by atoms with Crippen LogP contribution in [-0.2, 0) is 4.74 Å². The Balaban J connectivity index is 1.82. The zero-order valence-electron chi connectivity index (χ0n) is 16.3. The molecule has 0 aromatic heterocycles. The lowest BCUT2D eigenvalue weighted by molar-refractivity contribution is 0.173. The van der Waals surface area contributed by atoms with Gasteiger partial charge in [0.1, 0.15) is 0 Å². The van der Waals surface area contributed by atoms with Crippen LogP contribution in [-0.4, -0.2) is 24.4 Å². The maximum absolute atomic E-state index is 5.72. The van der Waals surface area contributed by atoms with Gasteiger partial charge in [0, 0.05) is 23.5 Å². The molecule has 1 aliphatic carbocycles. The number of hydrogen-bond acceptors (Lipinski definition) is 4. The minimum Gasteiger partial charge on any atom is -0.480 e. The topological polar surface area (TPSA) is 33.3 Å². The molecular weight excluding hydrogens is 328 g/mol. The average Bonchev–Trinajstić information content (AvgIpc) is 2.61. The standard InChI is InChI=1S/C21H40N2OS/c1-4-18(2)22-16-10-8-6-5-7-9-11-17-24-19(3)23-20-12-14-21(25)15-13-20/h20-23,25H,2-17H2,1H3. The van der Waals surface area contributed by atoms with Crippen molar-refractivity contribution in [2.75, 3.05) is 13.2 Å². The fourth-order valence-corrected chi connectivity index (χ4v) is 3.48. The smallest absolute Gasteiger partial charge is 0.179 e. The van der Waals surface area contributed by atoms with Gasteiger partial charge in [0.2, 0.25) is 0 Å². The second-order valence-electron chi connectivity index (χ2n) is 7.28. The molecule has 0 aromatic rings. The van der Waals surface area contributed by atoms with E-state index in [1.54, 1.807) is 0 Å². The Morgan fingerprint density at radius 1 is 0.960 bits per heavy atom. The summed E-state index contributed by atoms with van der Waals surface area (Å²) in [7, 11) is 0. The quantitative estimate of drug-likeness (QED) is 0.201. The summed E-state index contributed by atoms with van der Waals surface area (Å²) in [5.74, 6) is 0.754. The summed E-state index contributed by atoms with van der Waals surface area (Å²) in [5.41, 5.74) is 1.16. The summed E-state index contributed by atoms with van der Waals surface area (Å²) in [6.45, 7) is 12.0. The fourth-order valence-electron chi connectivity index (χ4n) is 3.19. The van der Waals surface area contributed by atoms with E-state index in [1.807, 2.05) is 0 Å². The van der Waals surface area contributed by atoms with Crippen molar-refractivity contribution in [3.05, 3.63) is 24.7 Å². The second kappa shape index (κ2) is 14.4. The molecule has 0 saturated heterocycles. The molecule has 1 rings (SSSR count). The van der Waals surface area contributed by atoms with E-state index in [-0.39, 0.29) is 0 Å². The van der Waals surface area contributed by atoms with Crippen molar-refractivity contribution in [2.24, 2.45) is 0 Å². The molecule has 3 nitrogen and oxygen atoms in total. The van der Waals surface area contributed by atoms with E-state index in [2.05, 4.69) is 43.3 Å². The predicted octanol–water partition coefficient (Wildman–Crippen LogP) is 5.55. The molecule has 0 bridgehead atoms. The highest BCUT2D eigenvalue weighted by Gasteiger charge is 2.18. The highest BCUT2D eigenvalue weighted by molar-refractivity contribution is 7.80. The minimum absolute atomic E-state index is 0.528. The van der Waals surface area contributed by atoms with Crippen molar-refractivity contribution in [1.29, 1.82) is 0 Å². The number of ether oxygens (including phenoxy) is 1. The number of unbranched alkanes of at least 4 members (excludes halogenated alkanes) is 6. The van der Waals surface area contributed by atoms with Gasteiger partial charge in [0.25, 0.3) is 0 Å². The number of thiol groups is 1. The van der Waals surface area contributed by atoms with Crippen LogP contribution < -0.4 is 10.6 Å². The maximum Gasteiger partial charge on any atom is 0.179 e. The van der Waals surface area contributed by atoms with E-state index in [9.17, 15) is 0 Å². The number of rotatable bonds is 15. The van der Waals surface area contributed by atoms with Crippen molar-refractivity contribution in [2.45, 2.75) is 95.3 Å². The molecule has 0 amide bonds. The van der Waals surface area contributed by atoms with Crippen molar-refractivity contribution in [3.8, 4) is 0 Å². The first-order valence-corrected chi connectivity index (χ1v) is 10.8. The van der Waals surface area contributed by atoms with E-state index < -0.39 is 0 Å². The van der Waals surface area contributed by atoms with Gasteiger partial charge >= 0.3 is 0 Å². The summed E-state index contributed by atoms with van der Waals surface area (Å²) < 4.78 is 5.72. The molecule has 1 aliphatic rings. The van der Waals surface area contributed by atoms with Crippen LogP contribution in [0, 0.1) is 0 Å². The molecule has 1 saturated carbocycles. The third-order valence-corrected chi connectivity index (χ3v) is 5.48. The van der Waals surface area contributed by atoms with Crippen molar-refractivity contribution in [1.82, 2.24) is 10.6 Å². The Morgan fingerprint density at radius 3 is 2.20 bits per heavy atom. The number of nitrogens with one attached hydrogen (secondary N) is 2. The summed E-state index contributed by atoms with van der Waals surface area (Å²) in [6.07, 6.45) is 14.7. The molecule has 25 heavy (non-hydrogen) atoms. The Bertz CT molecular complexity index is 365. The Hall–Kier alpha value is -0.770. The molecule has 2 N–H and O–H groups in total. The van der Waals surface area contributed by atoms with Crippen molar-refractivity contribution < 1.29 is 4.74 Å². The zero-order chi connectivity index (χ0) is 18.3. The minimum atomic E-state index is 0.528. The lowest BCUT2D eigenvalue weighted by Gasteiger charge is -2.27. The lowest BCUT2D eigenvalue weighted by Crippen LogP contribution is -2.33. The molecule has 0 heterocycles. The third-order valence-electron chi connectivity index (χ3n) is 4.96. The summed E-state index contributed by atoms with van der Waals surface area (Å²) in [5, 5.41) is 7.37. The summed E-state index contributed by atoms with van der Waals surface area (Å²) >= 11 is 4.54. The van der Waals surface area contributed by atoms with E-state index >= 15 is 0 Å².